The minimum Gasteiger partial charge on any atom is -0.370 e. The summed E-state index contributed by atoms with van der Waals surface area (Å²) in [6, 6.07) is 9.09. The quantitative estimate of drug-likeness (QED) is 0.456. The topological polar surface area (TPSA) is 46.8 Å². The molecule has 0 aliphatic carbocycles. The first kappa shape index (κ1) is 18.5. The molecule has 0 amide bonds. The number of alkyl halides is 3. The van der Waals surface area contributed by atoms with Crippen LogP contribution in [-0.2, 0) is 13.1 Å². The predicted octanol–water partition coefficient (Wildman–Crippen LogP) is 4.83. The lowest BCUT2D eigenvalue weighted by Crippen LogP contribution is -2.18. The second kappa shape index (κ2) is 6.94. The average molecular weight is 406 g/mol. The Balaban J connectivity index is 1.83. The van der Waals surface area contributed by atoms with Crippen LogP contribution in [0, 0.1) is 0 Å². The average Bonchev–Trinajstić information content (AvgIpc) is 2.95. The minimum atomic E-state index is -4.40. The zero-order chi connectivity index (χ0) is 19.9. The molecule has 0 radical (unpaired) electrons. The van der Waals surface area contributed by atoms with Crippen LogP contribution in [-0.4, -0.2) is 32.7 Å². The molecule has 0 saturated carbocycles. The molecule has 0 fully saturated rings. The molecule has 28 heavy (non-hydrogen) atoms. The van der Waals surface area contributed by atoms with Gasteiger partial charge in [-0.15, -0.1) is 0 Å². The summed E-state index contributed by atoms with van der Waals surface area (Å²) in [6.07, 6.45) is 0.341. The van der Waals surface area contributed by atoms with E-state index in [9.17, 15) is 13.2 Å². The molecule has 0 aliphatic heterocycles. The van der Waals surface area contributed by atoms with Crippen molar-refractivity contribution < 1.29 is 13.2 Å². The third kappa shape index (κ3) is 3.47. The van der Waals surface area contributed by atoms with E-state index in [1.807, 2.05) is 30.1 Å². The molecule has 0 N–H and O–H groups in total. The van der Waals surface area contributed by atoms with E-state index in [0.717, 1.165) is 15.8 Å². The second-order valence-electron chi connectivity index (χ2n) is 6.48. The standard InChI is InChI=1S/C19H15ClF3N5/c1-27(9-12-3-2-6-24-8-12)13-4-5-15-14(7-13)16-17(18(20)26-11-25-16)28(15)10-19(21,22)23/h2-8,11H,9-10H2,1H3. The third-order valence-electron chi connectivity index (χ3n) is 4.49. The number of rotatable bonds is 4. The van der Waals surface area contributed by atoms with Crippen LogP contribution >= 0.6 is 11.6 Å². The highest BCUT2D eigenvalue weighted by Gasteiger charge is 2.30. The molecule has 0 spiro atoms. The van der Waals surface area contributed by atoms with Gasteiger partial charge in [-0.05, 0) is 29.8 Å². The minimum absolute atomic E-state index is 0.00397. The van der Waals surface area contributed by atoms with Crippen molar-refractivity contribution in [2.24, 2.45) is 0 Å². The van der Waals surface area contributed by atoms with Crippen LogP contribution in [0.15, 0.2) is 49.1 Å². The summed E-state index contributed by atoms with van der Waals surface area (Å²) in [5, 5.41) is 0.592. The summed E-state index contributed by atoms with van der Waals surface area (Å²) in [5.74, 6) is 0. The number of fused-ring (bicyclic) bond motifs is 3. The van der Waals surface area contributed by atoms with Gasteiger partial charge in [-0.1, -0.05) is 17.7 Å². The molecule has 144 valence electrons. The lowest BCUT2D eigenvalue weighted by molar-refractivity contribution is -0.139. The van der Waals surface area contributed by atoms with Crippen molar-refractivity contribution in [3.8, 4) is 0 Å². The number of benzene rings is 1. The molecular weight excluding hydrogens is 391 g/mol. The molecule has 0 atom stereocenters. The normalized spacial score (nSPS) is 12.0. The van der Waals surface area contributed by atoms with Gasteiger partial charge in [-0.2, -0.15) is 13.2 Å². The van der Waals surface area contributed by atoms with Crippen LogP contribution in [0.2, 0.25) is 5.15 Å². The molecule has 0 bridgehead atoms. The number of anilines is 1. The fourth-order valence-electron chi connectivity index (χ4n) is 3.30. The van der Waals surface area contributed by atoms with Crippen LogP contribution in [0.5, 0.6) is 0 Å². The van der Waals surface area contributed by atoms with Gasteiger partial charge in [-0.25, -0.2) is 9.97 Å². The number of halogens is 4. The van der Waals surface area contributed by atoms with Crippen molar-refractivity contribution in [3.05, 3.63) is 59.8 Å². The maximum atomic E-state index is 13.1. The Bertz CT molecular complexity index is 1140. The van der Waals surface area contributed by atoms with E-state index < -0.39 is 12.7 Å². The van der Waals surface area contributed by atoms with Crippen LogP contribution < -0.4 is 4.90 Å². The third-order valence-corrected chi connectivity index (χ3v) is 4.77. The fraction of sp³-hybridized carbons (Fsp3) is 0.211. The van der Waals surface area contributed by atoms with E-state index in [2.05, 4.69) is 15.0 Å². The van der Waals surface area contributed by atoms with Gasteiger partial charge in [-0.3, -0.25) is 4.98 Å². The Morgan fingerprint density at radius 3 is 2.71 bits per heavy atom. The number of hydrogen-bond acceptors (Lipinski definition) is 4. The van der Waals surface area contributed by atoms with Crippen LogP contribution in [0.1, 0.15) is 5.56 Å². The fourth-order valence-corrected chi connectivity index (χ4v) is 3.54. The number of nitrogens with zero attached hydrogens (tertiary/aromatic N) is 5. The Morgan fingerprint density at radius 2 is 2.00 bits per heavy atom. The number of aromatic nitrogens is 4. The van der Waals surface area contributed by atoms with E-state index >= 15 is 0 Å². The molecular formula is C19H15ClF3N5. The maximum absolute atomic E-state index is 13.1. The summed E-state index contributed by atoms with van der Waals surface area (Å²) in [7, 11) is 1.91. The van der Waals surface area contributed by atoms with E-state index in [1.165, 1.54) is 6.33 Å². The van der Waals surface area contributed by atoms with E-state index in [-0.39, 0.29) is 10.7 Å². The molecule has 4 aromatic rings. The van der Waals surface area contributed by atoms with Gasteiger partial charge in [0.15, 0.2) is 5.15 Å². The van der Waals surface area contributed by atoms with Crippen molar-refractivity contribution in [1.29, 1.82) is 0 Å². The maximum Gasteiger partial charge on any atom is 0.406 e. The summed E-state index contributed by atoms with van der Waals surface area (Å²) in [5.41, 5.74) is 2.86. The zero-order valence-electron chi connectivity index (χ0n) is 14.8. The van der Waals surface area contributed by atoms with Crippen LogP contribution in [0.3, 0.4) is 0 Å². The molecule has 1 aromatic carbocycles. The van der Waals surface area contributed by atoms with E-state index in [4.69, 9.17) is 11.6 Å². The molecule has 3 heterocycles. The number of pyridine rings is 1. The van der Waals surface area contributed by atoms with Crippen LogP contribution in [0.4, 0.5) is 18.9 Å². The lowest BCUT2D eigenvalue weighted by atomic mass is 10.2. The summed E-state index contributed by atoms with van der Waals surface area (Å²) in [4.78, 5) is 14.1. The molecule has 4 rings (SSSR count). The van der Waals surface area contributed by atoms with E-state index in [0.29, 0.717) is 23.0 Å². The first-order valence-electron chi connectivity index (χ1n) is 8.43. The van der Waals surface area contributed by atoms with Crippen LogP contribution in [0.25, 0.3) is 21.9 Å². The molecule has 0 unspecified atom stereocenters. The second-order valence-corrected chi connectivity index (χ2v) is 6.84. The lowest BCUT2D eigenvalue weighted by Gasteiger charge is -2.19. The molecule has 5 nitrogen and oxygen atoms in total. The van der Waals surface area contributed by atoms with Gasteiger partial charge in [0.1, 0.15) is 23.9 Å². The highest BCUT2D eigenvalue weighted by Crippen LogP contribution is 2.35. The smallest absolute Gasteiger partial charge is 0.370 e. The largest absolute Gasteiger partial charge is 0.406 e. The SMILES string of the molecule is CN(Cc1cccnc1)c1ccc2c(c1)c1ncnc(Cl)c1n2CC(F)(F)F. The Kier molecular flexibility index (Phi) is 4.58. The Labute approximate surface area is 163 Å². The van der Waals surface area contributed by atoms with E-state index in [1.54, 1.807) is 24.5 Å². The summed E-state index contributed by atoms with van der Waals surface area (Å²) < 4.78 is 40.5. The van der Waals surface area contributed by atoms with Crippen molar-refractivity contribution in [2.75, 3.05) is 11.9 Å². The Hall–Kier alpha value is -2.87. The Morgan fingerprint density at radius 1 is 1.18 bits per heavy atom. The zero-order valence-corrected chi connectivity index (χ0v) is 15.5. The molecule has 9 heteroatoms. The summed E-state index contributed by atoms with van der Waals surface area (Å²) >= 11 is 6.12. The van der Waals surface area contributed by atoms with Gasteiger partial charge in [0.05, 0.1) is 5.52 Å². The van der Waals surface area contributed by atoms with Gasteiger partial charge >= 0.3 is 6.18 Å². The van der Waals surface area contributed by atoms with Gasteiger partial charge in [0.25, 0.3) is 0 Å². The monoisotopic (exact) mass is 405 g/mol. The highest BCUT2D eigenvalue weighted by atomic mass is 35.5. The van der Waals surface area contributed by atoms with Crippen molar-refractivity contribution in [2.45, 2.75) is 19.3 Å². The van der Waals surface area contributed by atoms with Gasteiger partial charge < -0.3 is 9.47 Å². The molecule has 0 aliphatic rings. The highest BCUT2D eigenvalue weighted by molar-refractivity contribution is 6.34. The van der Waals surface area contributed by atoms with Gasteiger partial charge in [0.2, 0.25) is 0 Å². The first-order valence-corrected chi connectivity index (χ1v) is 8.80. The first-order chi connectivity index (χ1) is 13.3. The van der Waals surface area contributed by atoms with Gasteiger partial charge in [0, 0.05) is 37.1 Å². The van der Waals surface area contributed by atoms with Crippen molar-refractivity contribution >= 4 is 39.2 Å². The predicted molar refractivity (Wildman–Crippen MR) is 102 cm³/mol. The molecule has 3 aromatic heterocycles. The van der Waals surface area contributed by atoms with Crippen molar-refractivity contribution in [1.82, 2.24) is 19.5 Å². The number of hydrogen-bond donors (Lipinski definition) is 0. The molecule has 0 saturated heterocycles. The summed E-state index contributed by atoms with van der Waals surface area (Å²) in [6.45, 7) is -0.554. The van der Waals surface area contributed by atoms with Crippen molar-refractivity contribution in [3.63, 3.8) is 0 Å².